The minimum Gasteiger partial charge on any atom is -0.480 e. The summed E-state index contributed by atoms with van der Waals surface area (Å²) in [6.07, 6.45) is 4.95. The van der Waals surface area contributed by atoms with E-state index in [0.717, 1.165) is 18.1 Å². The average molecular weight is 572 g/mol. The highest BCUT2D eigenvalue weighted by atomic mass is 35.5. The molecule has 2 aromatic heterocycles. The van der Waals surface area contributed by atoms with Gasteiger partial charge in [0, 0.05) is 41.0 Å². The van der Waals surface area contributed by atoms with Gasteiger partial charge < -0.3 is 10.0 Å². The number of hydrogen-bond donors (Lipinski definition) is 3. The fourth-order valence-corrected chi connectivity index (χ4v) is 4.81. The van der Waals surface area contributed by atoms with E-state index in [1.807, 2.05) is 0 Å². The van der Waals surface area contributed by atoms with E-state index >= 15 is 0 Å². The molecule has 4 aromatic rings. The number of carbonyl (C=O) groups excluding carboxylic acids is 2. The molecule has 1 unspecified atom stereocenters. The third-order valence-corrected chi connectivity index (χ3v) is 6.90. The quantitative estimate of drug-likeness (QED) is 0.185. The van der Waals surface area contributed by atoms with Crippen molar-refractivity contribution >= 4 is 40.5 Å². The number of amides is 2. The van der Waals surface area contributed by atoms with Crippen LogP contribution in [0.1, 0.15) is 51.1 Å². The van der Waals surface area contributed by atoms with E-state index in [1.165, 1.54) is 17.0 Å². The van der Waals surface area contributed by atoms with Crippen molar-refractivity contribution in [3.8, 4) is 23.1 Å². The number of aliphatic carboxylic acids is 1. The SMILES string of the molecule is O=C(NNCl)c1cc(-c2ccc(C#Cc3ccc(C(=O)N4CCCCC4C(=O)O)cc3F)cc2)nc2ccncc12. The number of hydrazine groups is 1. The number of fused-ring (bicyclic) bond motifs is 1. The van der Waals surface area contributed by atoms with Crippen molar-refractivity contribution < 1.29 is 23.9 Å². The Morgan fingerprint density at radius 3 is 2.59 bits per heavy atom. The van der Waals surface area contributed by atoms with E-state index in [-0.39, 0.29) is 11.1 Å². The number of likely N-dealkylation sites (tertiary alicyclic amines) is 1. The smallest absolute Gasteiger partial charge is 0.326 e. The predicted octanol–water partition coefficient (Wildman–Crippen LogP) is 4.30. The number of benzene rings is 2. The number of piperidine rings is 1. The number of nitrogens with zero attached hydrogens (tertiary/aromatic N) is 3. The van der Waals surface area contributed by atoms with E-state index in [2.05, 4.69) is 32.2 Å². The zero-order valence-corrected chi connectivity index (χ0v) is 22.3. The van der Waals surface area contributed by atoms with Gasteiger partial charge in [-0.25, -0.2) is 14.2 Å². The molecule has 0 bridgehead atoms. The fourth-order valence-electron chi connectivity index (χ4n) is 4.73. The zero-order chi connectivity index (χ0) is 28.9. The number of pyridine rings is 2. The molecule has 3 heterocycles. The number of carbonyl (C=O) groups is 3. The molecular formula is C30H23ClFN5O4. The van der Waals surface area contributed by atoms with Crippen molar-refractivity contribution in [1.29, 1.82) is 0 Å². The van der Waals surface area contributed by atoms with E-state index in [9.17, 15) is 23.9 Å². The summed E-state index contributed by atoms with van der Waals surface area (Å²) in [5.74, 6) is 3.01. The van der Waals surface area contributed by atoms with Gasteiger partial charge in [-0.05, 0) is 73.5 Å². The summed E-state index contributed by atoms with van der Waals surface area (Å²) in [6.45, 7) is 0.319. The number of hydrogen-bond acceptors (Lipinski definition) is 6. The third-order valence-electron chi connectivity index (χ3n) is 6.80. The molecule has 1 atom stereocenters. The van der Waals surface area contributed by atoms with Crippen molar-refractivity contribution in [3.05, 3.63) is 95.1 Å². The van der Waals surface area contributed by atoms with Crippen LogP contribution in [0.15, 0.2) is 67.0 Å². The highest BCUT2D eigenvalue weighted by molar-refractivity contribution is 6.15. The van der Waals surface area contributed by atoms with Gasteiger partial charge in [0.1, 0.15) is 11.9 Å². The molecule has 5 rings (SSSR count). The molecule has 0 saturated carbocycles. The van der Waals surface area contributed by atoms with Crippen molar-refractivity contribution in [2.24, 2.45) is 0 Å². The first-order valence-corrected chi connectivity index (χ1v) is 13.1. The van der Waals surface area contributed by atoms with Crippen LogP contribution in [-0.4, -0.2) is 50.3 Å². The van der Waals surface area contributed by atoms with Gasteiger partial charge in [0.25, 0.3) is 11.8 Å². The molecule has 1 aliphatic heterocycles. The lowest BCUT2D eigenvalue weighted by atomic mass is 10.0. The summed E-state index contributed by atoms with van der Waals surface area (Å²) < 4.78 is 14.9. The van der Waals surface area contributed by atoms with E-state index < -0.39 is 29.6 Å². The van der Waals surface area contributed by atoms with Crippen molar-refractivity contribution in [1.82, 2.24) is 25.2 Å². The third kappa shape index (κ3) is 6.01. The number of nitrogens with one attached hydrogen (secondary N) is 2. The second kappa shape index (κ2) is 12.1. The normalized spacial score (nSPS) is 14.7. The van der Waals surface area contributed by atoms with Crippen LogP contribution < -0.4 is 10.4 Å². The molecule has 41 heavy (non-hydrogen) atoms. The van der Waals surface area contributed by atoms with Crippen LogP contribution in [0.5, 0.6) is 0 Å². The highest BCUT2D eigenvalue weighted by Gasteiger charge is 2.32. The van der Waals surface area contributed by atoms with Crippen LogP contribution in [0.4, 0.5) is 4.39 Å². The zero-order valence-electron chi connectivity index (χ0n) is 21.5. The number of halogens is 2. The number of carboxylic acid groups (broad SMARTS) is 1. The lowest BCUT2D eigenvalue weighted by molar-refractivity contribution is -0.143. The first-order chi connectivity index (χ1) is 19.9. The summed E-state index contributed by atoms with van der Waals surface area (Å²) in [5, 5.41) is 10.0. The molecule has 1 fully saturated rings. The maximum absolute atomic E-state index is 14.9. The Morgan fingerprint density at radius 1 is 1.05 bits per heavy atom. The minimum absolute atomic E-state index is 0.0825. The Morgan fingerprint density at radius 2 is 1.85 bits per heavy atom. The molecule has 2 aromatic carbocycles. The first kappa shape index (κ1) is 27.7. The van der Waals surface area contributed by atoms with Gasteiger partial charge in [0.2, 0.25) is 0 Å². The number of carboxylic acids is 1. The molecule has 206 valence electrons. The number of aromatic nitrogens is 2. The Hall–Kier alpha value is -4.85. The summed E-state index contributed by atoms with van der Waals surface area (Å²) >= 11 is 5.44. The summed E-state index contributed by atoms with van der Waals surface area (Å²) in [4.78, 5) is 49.1. The molecule has 1 aliphatic rings. The molecule has 0 aliphatic carbocycles. The van der Waals surface area contributed by atoms with Gasteiger partial charge in [-0.15, -0.1) is 4.94 Å². The van der Waals surface area contributed by atoms with Gasteiger partial charge in [-0.1, -0.05) is 24.0 Å². The molecule has 2 amide bonds. The molecule has 11 heteroatoms. The van der Waals surface area contributed by atoms with Crippen LogP contribution in [0.2, 0.25) is 0 Å². The predicted molar refractivity (Wildman–Crippen MR) is 150 cm³/mol. The van der Waals surface area contributed by atoms with Crippen LogP contribution in [-0.2, 0) is 4.79 Å². The van der Waals surface area contributed by atoms with Crippen molar-refractivity contribution in [3.63, 3.8) is 0 Å². The Kier molecular flexibility index (Phi) is 8.19. The monoisotopic (exact) mass is 571 g/mol. The standard InChI is InChI=1S/C30H23ClFN5O4/c31-36-35-28(38)22-16-26(34-25-12-13-33-17-23(22)25)20-8-5-18(6-9-20)4-7-19-10-11-21(15-24(19)32)29(39)37-14-2-1-3-27(37)30(40)41/h5-6,8-13,15-17,27,36H,1-3,14H2,(H,35,38)(H,40,41). The van der Waals surface area contributed by atoms with Gasteiger partial charge >= 0.3 is 5.97 Å². The molecule has 1 saturated heterocycles. The maximum Gasteiger partial charge on any atom is 0.326 e. The van der Waals surface area contributed by atoms with E-state index in [1.54, 1.807) is 48.8 Å². The number of rotatable bonds is 5. The van der Waals surface area contributed by atoms with Crippen molar-refractivity contribution in [2.75, 3.05) is 6.54 Å². The highest BCUT2D eigenvalue weighted by Crippen LogP contribution is 2.25. The van der Waals surface area contributed by atoms with E-state index in [4.69, 9.17) is 11.8 Å². The molecular weight excluding hydrogens is 549 g/mol. The Labute approximate surface area is 239 Å². The lowest BCUT2D eigenvalue weighted by Gasteiger charge is -2.33. The fraction of sp³-hybridized carbons (Fsp3) is 0.167. The topological polar surface area (TPSA) is 125 Å². The summed E-state index contributed by atoms with van der Waals surface area (Å²) in [7, 11) is 0. The van der Waals surface area contributed by atoms with Gasteiger partial charge in [-0.3, -0.25) is 20.0 Å². The molecule has 0 spiro atoms. The Bertz CT molecular complexity index is 1720. The molecule has 0 radical (unpaired) electrons. The first-order valence-electron chi connectivity index (χ1n) is 12.7. The van der Waals surface area contributed by atoms with Gasteiger partial charge in [0.05, 0.1) is 22.3 Å². The largest absolute Gasteiger partial charge is 0.480 e. The average Bonchev–Trinajstić information content (AvgIpc) is 3.00. The van der Waals surface area contributed by atoms with Crippen LogP contribution >= 0.6 is 11.8 Å². The van der Waals surface area contributed by atoms with Gasteiger partial charge in [0.15, 0.2) is 0 Å². The lowest BCUT2D eigenvalue weighted by Crippen LogP contribution is -2.48. The van der Waals surface area contributed by atoms with Crippen molar-refractivity contribution in [2.45, 2.75) is 25.3 Å². The van der Waals surface area contributed by atoms with Crippen LogP contribution in [0.3, 0.4) is 0 Å². The second-order valence-corrected chi connectivity index (χ2v) is 9.56. The van der Waals surface area contributed by atoms with E-state index in [0.29, 0.717) is 47.1 Å². The summed E-state index contributed by atoms with van der Waals surface area (Å²) in [5.41, 5.74) is 5.34. The molecule has 9 nitrogen and oxygen atoms in total. The Balaban J connectivity index is 1.36. The summed E-state index contributed by atoms with van der Waals surface area (Å²) in [6, 6.07) is 13.5. The molecule has 3 N–H and O–H groups in total. The van der Waals surface area contributed by atoms with Crippen LogP contribution in [0.25, 0.3) is 22.2 Å². The van der Waals surface area contributed by atoms with Crippen LogP contribution in [0, 0.1) is 17.7 Å². The minimum atomic E-state index is -1.06. The maximum atomic E-state index is 14.9. The second-order valence-electron chi connectivity index (χ2n) is 9.37. The van der Waals surface area contributed by atoms with Gasteiger partial charge in [-0.2, -0.15) is 0 Å².